The lowest BCUT2D eigenvalue weighted by molar-refractivity contribution is 0.352. The first-order valence-electron chi connectivity index (χ1n) is 6.39. The number of halogens is 1. The molecule has 2 nitrogen and oxygen atoms in total. The lowest BCUT2D eigenvalue weighted by Gasteiger charge is -2.10. The van der Waals surface area contributed by atoms with Crippen molar-refractivity contribution in [2.75, 3.05) is 13.2 Å². The van der Waals surface area contributed by atoms with Crippen molar-refractivity contribution in [2.45, 2.75) is 32.2 Å². The summed E-state index contributed by atoms with van der Waals surface area (Å²) in [5, 5.41) is 4.21. The van der Waals surface area contributed by atoms with Crippen LogP contribution in [0.5, 0.6) is 5.75 Å². The molecule has 0 spiro atoms. The first-order valence-corrected chi connectivity index (χ1v) is 6.77. The first-order chi connectivity index (χ1) is 8.81. The summed E-state index contributed by atoms with van der Waals surface area (Å²) in [6.45, 7) is 2.55. The van der Waals surface area contributed by atoms with E-state index in [0.717, 1.165) is 61.7 Å². The predicted octanol–water partition coefficient (Wildman–Crippen LogP) is 3.17. The molecule has 0 atom stereocenters. The van der Waals surface area contributed by atoms with Crippen molar-refractivity contribution in [3.05, 3.63) is 28.3 Å². The van der Waals surface area contributed by atoms with Crippen molar-refractivity contribution in [3.63, 3.8) is 0 Å². The van der Waals surface area contributed by atoms with Gasteiger partial charge in [-0.1, -0.05) is 11.6 Å². The van der Waals surface area contributed by atoms with E-state index in [2.05, 4.69) is 11.2 Å². The zero-order valence-corrected chi connectivity index (χ0v) is 11.2. The molecule has 0 aromatic heterocycles. The molecular formula is C15H18ClNO. The minimum Gasteiger partial charge on any atom is -0.493 e. The highest BCUT2D eigenvalue weighted by Gasteiger charge is 2.16. The van der Waals surface area contributed by atoms with Gasteiger partial charge in [-0.3, -0.25) is 0 Å². The maximum Gasteiger partial charge on any atom is 0.127 e. The summed E-state index contributed by atoms with van der Waals surface area (Å²) in [6.07, 6.45) is 9.21. The van der Waals surface area contributed by atoms with Crippen LogP contribution in [-0.4, -0.2) is 13.2 Å². The second-order valence-electron chi connectivity index (χ2n) is 4.49. The van der Waals surface area contributed by atoms with Crippen molar-refractivity contribution in [1.82, 2.24) is 5.32 Å². The number of nitrogens with one attached hydrogen (secondary N) is 1. The summed E-state index contributed by atoms with van der Waals surface area (Å²) in [6, 6.07) is 3.99. The molecule has 1 aromatic rings. The number of unbranched alkanes of at least 4 members (excludes halogenated alkanes) is 2. The molecule has 18 heavy (non-hydrogen) atoms. The van der Waals surface area contributed by atoms with Gasteiger partial charge in [0.25, 0.3) is 0 Å². The van der Waals surface area contributed by atoms with Crippen LogP contribution in [0.15, 0.2) is 12.1 Å². The molecule has 0 bridgehead atoms. The van der Waals surface area contributed by atoms with E-state index in [1.807, 2.05) is 12.1 Å². The zero-order chi connectivity index (χ0) is 12.8. The third kappa shape index (κ3) is 3.41. The van der Waals surface area contributed by atoms with E-state index >= 15 is 0 Å². The summed E-state index contributed by atoms with van der Waals surface area (Å²) in [4.78, 5) is 0. The van der Waals surface area contributed by atoms with Gasteiger partial charge in [0.05, 0.1) is 6.61 Å². The molecule has 1 aromatic carbocycles. The van der Waals surface area contributed by atoms with Crippen LogP contribution in [0.4, 0.5) is 0 Å². The molecule has 1 aliphatic heterocycles. The number of rotatable bonds is 6. The highest BCUT2D eigenvalue weighted by Crippen LogP contribution is 2.32. The van der Waals surface area contributed by atoms with E-state index in [1.54, 1.807) is 0 Å². The Kier molecular flexibility index (Phi) is 4.92. The fourth-order valence-electron chi connectivity index (χ4n) is 2.18. The van der Waals surface area contributed by atoms with Crippen LogP contribution in [0.25, 0.3) is 0 Å². The van der Waals surface area contributed by atoms with Crippen molar-refractivity contribution in [2.24, 2.45) is 0 Å². The maximum atomic E-state index is 6.10. The average molecular weight is 264 g/mol. The molecule has 0 amide bonds. The van der Waals surface area contributed by atoms with Gasteiger partial charge < -0.3 is 10.1 Å². The molecular weight excluding hydrogens is 246 g/mol. The Morgan fingerprint density at radius 3 is 3.11 bits per heavy atom. The van der Waals surface area contributed by atoms with E-state index in [-0.39, 0.29) is 0 Å². The fourth-order valence-corrected chi connectivity index (χ4v) is 2.44. The van der Waals surface area contributed by atoms with E-state index < -0.39 is 0 Å². The smallest absolute Gasteiger partial charge is 0.127 e. The van der Waals surface area contributed by atoms with Gasteiger partial charge in [-0.05, 0) is 37.1 Å². The van der Waals surface area contributed by atoms with Gasteiger partial charge in [0.2, 0.25) is 0 Å². The van der Waals surface area contributed by atoms with Crippen LogP contribution < -0.4 is 10.1 Å². The lowest BCUT2D eigenvalue weighted by Crippen LogP contribution is -2.15. The Labute approximate surface area is 114 Å². The van der Waals surface area contributed by atoms with E-state index in [4.69, 9.17) is 22.8 Å². The molecule has 1 aliphatic rings. The van der Waals surface area contributed by atoms with Crippen LogP contribution in [0.1, 0.15) is 30.4 Å². The summed E-state index contributed by atoms with van der Waals surface area (Å²) >= 11 is 6.10. The number of hydrogen-bond donors (Lipinski definition) is 1. The fraction of sp³-hybridized carbons (Fsp3) is 0.467. The highest BCUT2D eigenvalue weighted by atomic mass is 35.5. The Bertz CT molecular complexity index is 451. The van der Waals surface area contributed by atoms with Crippen LogP contribution in [0, 0.1) is 12.3 Å². The largest absolute Gasteiger partial charge is 0.493 e. The van der Waals surface area contributed by atoms with Crippen molar-refractivity contribution < 1.29 is 4.74 Å². The molecule has 0 saturated carbocycles. The summed E-state index contributed by atoms with van der Waals surface area (Å²) in [7, 11) is 0. The third-order valence-corrected chi connectivity index (χ3v) is 3.28. The molecule has 3 heteroatoms. The molecule has 0 radical (unpaired) electrons. The zero-order valence-electron chi connectivity index (χ0n) is 10.5. The number of terminal acetylenes is 1. The topological polar surface area (TPSA) is 21.3 Å². The highest BCUT2D eigenvalue weighted by molar-refractivity contribution is 6.30. The lowest BCUT2D eigenvalue weighted by atomic mass is 10.1. The molecule has 0 aliphatic carbocycles. The van der Waals surface area contributed by atoms with Crippen molar-refractivity contribution >= 4 is 11.6 Å². The van der Waals surface area contributed by atoms with Crippen molar-refractivity contribution in [1.29, 1.82) is 0 Å². The van der Waals surface area contributed by atoms with Crippen LogP contribution >= 0.6 is 11.6 Å². The summed E-state index contributed by atoms with van der Waals surface area (Å²) in [5.41, 5.74) is 2.39. The minimum atomic E-state index is 0.769. The molecule has 2 rings (SSSR count). The van der Waals surface area contributed by atoms with Crippen LogP contribution in [0.2, 0.25) is 5.02 Å². The van der Waals surface area contributed by atoms with Crippen LogP contribution in [-0.2, 0) is 13.0 Å². The van der Waals surface area contributed by atoms with Crippen molar-refractivity contribution in [3.8, 4) is 18.1 Å². The van der Waals surface area contributed by atoms with Crippen LogP contribution in [0.3, 0.4) is 0 Å². The van der Waals surface area contributed by atoms with E-state index in [9.17, 15) is 0 Å². The van der Waals surface area contributed by atoms with E-state index in [1.165, 1.54) is 5.56 Å². The Hall–Kier alpha value is -1.17. The van der Waals surface area contributed by atoms with Gasteiger partial charge in [-0.25, -0.2) is 0 Å². The molecule has 0 saturated heterocycles. The molecule has 1 heterocycles. The standard InChI is InChI=1S/C15H18ClNO/c1-2-3-4-5-7-17-11-13-10-14(16)9-12-6-8-18-15(12)13/h1,9-10,17H,3-8,11H2. The Morgan fingerprint density at radius 1 is 1.39 bits per heavy atom. The summed E-state index contributed by atoms with van der Waals surface area (Å²) < 4.78 is 5.66. The van der Waals surface area contributed by atoms with Gasteiger partial charge in [0.1, 0.15) is 5.75 Å². The molecule has 0 fully saturated rings. The second kappa shape index (κ2) is 6.68. The Morgan fingerprint density at radius 2 is 2.28 bits per heavy atom. The molecule has 1 N–H and O–H groups in total. The number of ether oxygens (including phenoxy) is 1. The maximum absolute atomic E-state index is 6.10. The minimum absolute atomic E-state index is 0.769. The number of hydrogen-bond acceptors (Lipinski definition) is 2. The molecule has 0 unspecified atom stereocenters. The van der Waals surface area contributed by atoms with Gasteiger partial charge in [-0.15, -0.1) is 12.3 Å². The summed E-state index contributed by atoms with van der Waals surface area (Å²) in [5.74, 6) is 3.68. The van der Waals surface area contributed by atoms with Gasteiger partial charge in [-0.2, -0.15) is 0 Å². The quantitative estimate of drug-likeness (QED) is 0.629. The Balaban J connectivity index is 1.85. The second-order valence-corrected chi connectivity index (χ2v) is 4.93. The third-order valence-electron chi connectivity index (χ3n) is 3.07. The van der Waals surface area contributed by atoms with Gasteiger partial charge >= 0.3 is 0 Å². The number of benzene rings is 1. The van der Waals surface area contributed by atoms with E-state index in [0.29, 0.717) is 0 Å². The van der Waals surface area contributed by atoms with Gasteiger partial charge in [0.15, 0.2) is 0 Å². The predicted molar refractivity (Wildman–Crippen MR) is 75.0 cm³/mol. The van der Waals surface area contributed by atoms with Gasteiger partial charge in [0, 0.05) is 30.0 Å². The average Bonchev–Trinajstić information content (AvgIpc) is 2.81. The molecule has 96 valence electrons. The first kappa shape index (κ1) is 13.3. The normalized spacial score (nSPS) is 12.9. The number of fused-ring (bicyclic) bond motifs is 1. The monoisotopic (exact) mass is 263 g/mol. The SMILES string of the molecule is C#CCCCCNCc1cc(Cl)cc2c1OCC2.